The van der Waals surface area contributed by atoms with Crippen molar-refractivity contribution in [3.05, 3.63) is 0 Å². The zero-order valence-electron chi connectivity index (χ0n) is 19.0. The van der Waals surface area contributed by atoms with Gasteiger partial charge in [0.05, 0.1) is 24.5 Å². The van der Waals surface area contributed by atoms with Crippen LogP contribution in [0.25, 0.3) is 0 Å². The molecule has 0 radical (unpaired) electrons. The Morgan fingerprint density at radius 1 is 0.897 bits per heavy atom. The van der Waals surface area contributed by atoms with Gasteiger partial charge < -0.3 is 24.2 Å². The maximum absolute atomic E-state index is 11.8. The standard InChI is InChI=1S/C14H25NO6.C6H12O2/c1-6-14(3,4)12(17)20-9-8-15(7-2)13(18)21-10-11(16)19-5;1-4-6(2,3)5(7)8/h6-10H2,1-5H3;4H2,1-3H3,(H,7,8). The second-order valence-corrected chi connectivity index (χ2v) is 7.63. The van der Waals surface area contributed by atoms with Crippen LogP contribution < -0.4 is 0 Å². The number of carbonyl (C=O) groups is 4. The van der Waals surface area contributed by atoms with E-state index in [1.165, 1.54) is 12.0 Å². The minimum Gasteiger partial charge on any atom is -0.481 e. The van der Waals surface area contributed by atoms with Gasteiger partial charge in [-0.1, -0.05) is 13.8 Å². The van der Waals surface area contributed by atoms with Crippen LogP contribution in [0.15, 0.2) is 0 Å². The molecule has 0 aliphatic carbocycles. The maximum atomic E-state index is 11.8. The highest BCUT2D eigenvalue weighted by Crippen LogP contribution is 2.21. The lowest BCUT2D eigenvalue weighted by Gasteiger charge is -2.23. The molecule has 0 aromatic carbocycles. The number of esters is 2. The third kappa shape index (κ3) is 12.0. The van der Waals surface area contributed by atoms with Gasteiger partial charge in [-0.2, -0.15) is 0 Å². The summed E-state index contributed by atoms with van der Waals surface area (Å²) in [7, 11) is 1.21. The summed E-state index contributed by atoms with van der Waals surface area (Å²) >= 11 is 0. The number of ether oxygens (including phenoxy) is 3. The molecule has 1 amide bonds. The molecule has 0 aliphatic rings. The first-order valence-corrected chi connectivity index (χ1v) is 9.68. The molecule has 9 heteroatoms. The Kier molecular flexibility index (Phi) is 13.7. The smallest absolute Gasteiger partial charge is 0.410 e. The molecule has 0 aromatic rings. The average molecular weight is 420 g/mol. The van der Waals surface area contributed by atoms with Crippen molar-refractivity contribution in [3.63, 3.8) is 0 Å². The van der Waals surface area contributed by atoms with E-state index in [1.54, 1.807) is 34.6 Å². The molecule has 0 spiro atoms. The molecular formula is C20H37NO8. The molecule has 0 atom stereocenters. The van der Waals surface area contributed by atoms with E-state index < -0.39 is 35.5 Å². The summed E-state index contributed by atoms with van der Waals surface area (Å²) in [6, 6.07) is 0. The number of carbonyl (C=O) groups excluding carboxylic acids is 3. The summed E-state index contributed by atoms with van der Waals surface area (Å²) < 4.78 is 14.3. The van der Waals surface area contributed by atoms with Crippen LogP contribution in [0.1, 0.15) is 61.3 Å². The predicted octanol–water partition coefficient (Wildman–Crippen LogP) is 3.10. The van der Waals surface area contributed by atoms with Gasteiger partial charge in [0, 0.05) is 6.54 Å². The molecule has 0 aliphatic heterocycles. The van der Waals surface area contributed by atoms with Crippen molar-refractivity contribution in [1.82, 2.24) is 4.90 Å². The van der Waals surface area contributed by atoms with Crippen molar-refractivity contribution in [3.8, 4) is 0 Å². The maximum Gasteiger partial charge on any atom is 0.410 e. The van der Waals surface area contributed by atoms with E-state index in [2.05, 4.69) is 4.74 Å². The van der Waals surface area contributed by atoms with Crippen LogP contribution in [0.4, 0.5) is 4.79 Å². The highest BCUT2D eigenvalue weighted by Gasteiger charge is 2.27. The Bertz CT molecular complexity index is 543. The Morgan fingerprint density at radius 3 is 1.76 bits per heavy atom. The summed E-state index contributed by atoms with van der Waals surface area (Å²) in [5, 5.41) is 8.44. The van der Waals surface area contributed by atoms with E-state index in [1.807, 2.05) is 13.8 Å². The lowest BCUT2D eigenvalue weighted by atomic mass is 9.91. The fourth-order valence-corrected chi connectivity index (χ4v) is 1.39. The van der Waals surface area contributed by atoms with Crippen molar-refractivity contribution in [2.24, 2.45) is 10.8 Å². The molecule has 0 saturated carbocycles. The Labute approximate surface area is 173 Å². The van der Waals surface area contributed by atoms with Gasteiger partial charge in [0.25, 0.3) is 0 Å². The molecule has 9 nitrogen and oxygen atoms in total. The average Bonchev–Trinajstić information content (AvgIpc) is 2.68. The van der Waals surface area contributed by atoms with Gasteiger partial charge in [0.15, 0.2) is 6.61 Å². The Hall–Kier alpha value is -2.32. The molecule has 0 unspecified atom stereocenters. The summed E-state index contributed by atoms with van der Waals surface area (Å²) in [6.07, 6.45) is 0.709. The van der Waals surface area contributed by atoms with Crippen LogP contribution in [0.3, 0.4) is 0 Å². The quantitative estimate of drug-likeness (QED) is 0.424. The number of nitrogens with zero attached hydrogens (tertiary/aromatic N) is 1. The highest BCUT2D eigenvalue weighted by molar-refractivity contribution is 5.76. The number of rotatable bonds is 10. The van der Waals surface area contributed by atoms with Crippen LogP contribution in [-0.4, -0.2) is 67.4 Å². The normalized spacial score (nSPS) is 10.9. The number of hydrogen-bond donors (Lipinski definition) is 1. The van der Waals surface area contributed by atoms with Gasteiger partial charge in [0.1, 0.15) is 6.61 Å². The van der Waals surface area contributed by atoms with Gasteiger partial charge in [-0.3, -0.25) is 9.59 Å². The number of hydrogen-bond acceptors (Lipinski definition) is 7. The van der Waals surface area contributed by atoms with Crippen molar-refractivity contribution >= 4 is 24.0 Å². The number of amides is 1. The van der Waals surface area contributed by atoms with Crippen LogP contribution in [0, 0.1) is 10.8 Å². The molecule has 0 aromatic heterocycles. The number of carboxylic acids is 1. The topological polar surface area (TPSA) is 119 Å². The van der Waals surface area contributed by atoms with Crippen LogP contribution in [0.2, 0.25) is 0 Å². The number of likely N-dealkylation sites (N-methyl/N-ethyl adjacent to an activating group) is 1. The first-order valence-electron chi connectivity index (χ1n) is 9.68. The second kappa shape index (κ2) is 13.8. The van der Waals surface area contributed by atoms with Gasteiger partial charge >= 0.3 is 24.0 Å². The zero-order chi connectivity index (χ0) is 23.3. The van der Waals surface area contributed by atoms with Gasteiger partial charge in [-0.05, 0) is 47.5 Å². The third-order valence-corrected chi connectivity index (χ3v) is 4.67. The van der Waals surface area contributed by atoms with E-state index in [0.717, 1.165) is 0 Å². The van der Waals surface area contributed by atoms with E-state index in [9.17, 15) is 19.2 Å². The monoisotopic (exact) mass is 419 g/mol. The molecule has 1 N–H and O–H groups in total. The molecule has 0 heterocycles. The molecule has 29 heavy (non-hydrogen) atoms. The third-order valence-electron chi connectivity index (χ3n) is 4.67. The minimum absolute atomic E-state index is 0.0867. The predicted molar refractivity (Wildman–Crippen MR) is 107 cm³/mol. The van der Waals surface area contributed by atoms with Crippen LogP contribution >= 0.6 is 0 Å². The van der Waals surface area contributed by atoms with E-state index in [4.69, 9.17) is 14.6 Å². The first kappa shape index (κ1) is 28.9. The van der Waals surface area contributed by atoms with Crippen molar-refractivity contribution in [1.29, 1.82) is 0 Å². The summed E-state index contributed by atoms with van der Waals surface area (Å²) in [5.74, 6) is -1.65. The molecule has 0 bridgehead atoms. The molecular weight excluding hydrogens is 382 g/mol. The van der Waals surface area contributed by atoms with Crippen molar-refractivity contribution in [2.45, 2.75) is 61.3 Å². The summed E-state index contributed by atoms with van der Waals surface area (Å²) in [4.78, 5) is 45.9. The zero-order valence-corrected chi connectivity index (χ0v) is 19.0. The Balaban J connectivity index is 0. The molecule has 0 saturated heterocycles. The lowest BCUT2D eigenvalue weighted by Crippen LogP contribution is -2.37. The largest absolute Gasteiger partial charge is 0.481 e. The molecule has 0 rings (SSSR count). The van der Waals surface area contributed by atoms with Crippen molar-refractivity contribution in [2.75, 3.05) is 33.4 Å². The Morgan fingerprint density at radius 2 is 1.41 bits per heavy atom. The lowest BCUT2D eigenvalue weighted by molar-refractivity contribution is -0.154. The number of aliphatic carboxylic acids is 1. The van der Waals surface area contributed by atoms with Gasteiger partial charge in [-0.15, -0.1) is 0 Å². The fraction of sp³-hybridized carbons (Fsp3) is 0.800. The van der Waals surface area contributed by atoms with E-state index in [0.29, 0.717) is 19.4 Å². The van der Waals surface area contributed by atoms with E-state index in [-0.39, 0.29) is 19.1 Å². The molecule has 0 fully saturated rings. The van der Waals surface area contributed by atoms with E-state index >= 15 is 0 Å². The van der Waals surface area contributed by atoms with Crippen LogP contribution in [-0.2, 0) is 28.6 Å². The fourth-order valence-electron chi connectivity index (χ4n) is 1.39. The summed E-state index contributed by atoms with van der Waals surface area (Å²) in [5.41, 5.74) is -1.08. The SMILES string of the molecule is CCC(C)(C)C(=O)O.CCN(CCOC(=O)C(C)(C)CC)C(=O)OCC(=O)OC. The van der Waals surface area contributed by atoms with Gasteiger partial charge in [-0.25, -0.2) is 9.59 Å². The highest BCUT2D eigenvalue weighted by atomic mass is 16.6. The minimum atomic E-state index is -0.722. The summed E-state index contributed by atoms with van der Waals surface area (Å²) in [6.45, 7) is 12.8. The van der Waals surface area contributed by atoms with Crippen LogP contribution in [0.5, 0.6) is 0 Å². The number of methoxy groups -OCH3 is 1. The van der Waals surface area contributed by atoms with Crippen molar-refractivity contribution < 1.29 is 38.5 Å². The van der Waals surface area contributed by atoms with Gasteiger partial charge in [0.2, 0.25) is 0 Å². The second-order valence-electron chi connectivity index (χ2n) is 7.63. The number of carboxylic acid groups (broad SMARTS) is 1. The first-order chi connectivity index (χ1) is 13.3. The molecule has 170 valence electrons.